The first-order chi connectivity index (χ1) is 7.51. The van der Waals surface area contributed by atoms with E-state index in [2.05, 4.69) is 0 Å². The maximum atomic E-state index is 13.1. The molecule has 0 saturated carbocycles. The summed E-state index contributed by atoms with van der Waals surface area (Å²) < 4.78 is 13.1. The smallest absolute Gasteiger partial charge is 0.231 e. The van der Waals surface area contributed by atoms with E-state index in [4.69, 9.17) is 11.0 Å². The van der Waals surface area contributed by atoms with Gasteiger partial charge in [-0.25, -0.2) is 4.39 Å². The van der Waals surface area contributed by atoms with Gasteiger partial charge in [-0.3, -0.25) is 9.69 Å². The molecule has 1 aromatic carbocycles. The van der Waals surface area contributed by atoms with E-state index in [0.29, 0.717) is 12.1 Å². The van der Waals surface area contributed by atoms with Crippen molar-refractivity contribution in [2.75, 3.05) is 13.6 Å². The van der Waals surface area contributed by atoms with E-state index in [1.165, 1.54) is 6.07 Å². The fourth-order valence-electron chi connectivity index (χ4n) is 1.44. The summed E-state index contributed by atoms with van der Waals surface area (Å²) in [6, 6.07) is 5.95. The van der Waals surface area contributed by atoms with Crippen molar-refractivity contribution in [2.24, 2.45) is 5.73 Å². The summed E-state index contributed by atoms with van der Waals surface area (Å²) in [4.78, 5) is 12.3. The Kier molecular flexibility index (Phi) is 3.97. The summed E-state index contributed by atoms with van der Waals surface area (Å²) in [5.41, 5.74) is 5.93. The van der Waals surface area contributed by atoms with E-state index in [0.717, 1.165) is 6.07 Å². The summed E-state index contributed by atoms with van der Waals surface area (Å²) in [5, 5.41) is 8.66. The van der Waals surface area contributed by atoms with Gasteiger partial charge in [-0.1, -0.05) is 0 Å². The van der Waals surface area contributed by atoms with Gasteiger partial charge in [0.25, 0.3) is 0 Å². The Morgan fingerprint density at radius 1 is 1.56 bits per heavy atom. The molecular weight excluding hydrogens is 209 g/mol. The number of halogens is 1. The fourth-order valence-corrected chi connectivity index (χ4v) is 1.44. The molecule has 0 aromatic heterocycles. The van der Waals surface area contributed by atoms with Gasteiger partial charge in [0.2, 0.25) is 5.91 Å². The van der Waals surface area contributed by atoms with Crippen molar-refractivity contribution in [3.8, 4) is 6.07 Å². The van der Waals surface area contributed by atoms with Crippen LogP contribution in [0.25, 0.3) is 0 Å². The number of primary amides is 1. The number of nitrogens with zero attached hydrogens (tertiary/aromatic N) is 2. The first-order valence-corrected chi connectivity index (χ1v) is 4.67. The van der Waals surface area contributed by atoms with E-state index in [-0.39, 0.29) is 12.1 Å². The topological polar surface area (TPSA) is 70.1 Å². The van der Waals surface area contributed by atoms with Gasteiger partial charge in [-0.15, -0.1) is 0 Å². The Bertz CT molecular complexity index is 439. The Morgan fingerprint density at radius 3 is 2.81 bits per heavy atom. The van der Waals surface area contributed by atoms with E-state index >= 15 is 0 Å². The summed E-state index contributed by atoms with van der Waals surface area (Å²) in [7, 11) is 1.70. The number of amides is 1. The van der Waals surface area contributed by atoms with E-state index in [9.17, 15) is 9.18 Å². The van der Waals surface area contributed by atoms with Crippen molar-refractivity contribution in [3.05, 3.63) is 35.1 Å². The maximum absolute atomic E-state index is 13.1. The lowest BCUT2D eigenvalue weighted by Crippen LogP contribution is -2.30. The van der Waals surface area contributed by atoms with Gasteiger partial charge < -0.3 is 5.73 Å². The number of rotatable bonds is 4. The highest BCUT2D eigenvalue weighted by Crippen LogP contribution is 2.10. The van der Waals surface area contributed by atoms with Gasteiger partial charge in [0.1, 0.15) is 5.82 Å². The molecule has 1 amide bonds. The molecule has 0 saturated heterocycles. The van der Waals surface area contributed by atoms with Gasteiger partial charge in [0.15, 0.2) is 0 Å². The molecule has 0 aliphatic rings. The highest BCUT2D eigenvalue weighted by Gasteiger charge is 2.06. The summed E-state index contributed by atoms with van der Waals surface area (Å²) >= 11 is 0. The minimum absolute atomic E-state index is 0.0956. The summed E-state index contributed by atoms with van der Waals surface area (Å²) in [5.74, 6) is -0.902. The molecule has 0 atom stereocenters. The number of nitriles is 1. The van der Waals surface area contributed by atoms with E-state index < -0.39 is 11.7 Å². The van der Waals surface area contributed by atoms with Crippen LogP contribution in [-0.2, 0) is 11.3 Å². The van der Waals surface area contributed by atoms with Crippen LogP contribution in [0, 0.1) is 17.1 Å². The zero-order chi connectivity index (χ0) is 12.1. The molecule has 84 valence electrons. The number of carbonyl (C=O) groups is 1. The monoisotopic (exact) mass is 221 g/mol. The molecule has 0 radical (unpaired) electrons. The third-order valence-electron chi connectivity index (χ3n) is 1.96. The molecule has 1 aromatic rings. The third-order valence-corrected chi connectivity index (χ3v) is 1.96. The molecule has 16 heavy (non-hydrogen) atoms. The normalized spacial score (nSPS) is 10.1. The Labute approximate surface area is 93.1 Å². The quantitative estimate of drug-likeness (QED) is 0.810. The Morgan fingerprint density at radius 2 is 2.25 bits per heavy atom. The van der Waals surface area contributed by atoms with Crippen molar-refractivity contribution in [1.82, 2.24) is 4.90 Å². The fraction of sp³-hybridized carbons (Fsp3) is 0.273. The molecule has 2 N–H and O–H groups in total. The molecule has 0 fully saturated rings. The molecule has 4 nitrogen and oxygen atoms in total. The van der Waals surface area contributed by atoms with Gasteiger partial charge in [0.05, 0.1) is 18.2 Å². The second-order valence-electron chi connectivity index (χ2n) is 3.60. The number of hydrogen-bond donors (Lipinski definition) is 1. The van der Waals surface area contributed by atoms with Crippen molar-refractivity contribution in [1.29, 1.82) is 5.26 Å². The van der Waals surface area contributed by atoms with Crippen LogP contribution in [0.4, 0.5) is 4.39 Å². The maximum Gasteiger partial charge on any atom is 0.231 e. The highest BCUT2D eigenvalue weighted by atomic mass is 19.1. The average Bonchev–Trinajstić information content (AvgIpc) is 2.14. The molecule has 1 rings (SSSR count). The number of nitrogens with two attached hydrogens (primary N) is 1. The second kappa shape index (κ2) is 5.24. The van der Waals surface area contributed by atoms with Crippen molar-refractivity contribution >= 4 is 5.91 Å². The van der Waals surface area contributed by atoms with Crippen LogP contribution in [0.2, 0.25) is 0 Å². The number of hydrogen-bond acceptors (Lipinski definition) is 3. The molecule has 0 spiro atoms. The molecule has 5 heteroatoms. The minimum atomic E-state index is -0.457. The van der Waals surface area contributed by atoms with Crippen LogP contribution >= 0.6 is 0 Å². The van der Waals surface area contributed by atoms with Crippen molar-refractivity contribution in [3.63, 3.8) is 0 Å². The minimum Gasteiger partial charge on any atom is -0.369 e. The van der Waals surface area contributed by atoms with Crippen LogP contribution < -0.4 is 5.73 Å². The first-order valence-electron chi connectivity index (χ1n) is 4.67. The lowest BCUT2D eigenvalue weighted by molar-refractivity contribution is -0.118. The van der Waals surface area contributed by atoms with Gasteiger partial charge in [-0.2, -0.15) is 5.26 Å². The van der Waals surface area contributed by atoms with Crippen LogP contribution in [0.5, 0.6) is 0 Å². The van der Waals surface area contributed by atoms with Gasteiger partial charge in [-0.05, 0) is 30.8 Å². The Hall–Kier alpha value is -1.93. The molecule has 0 aliphatic carbocycles. The second-order valence-corrected chi connectivity index (χ2v) is 3.60. The summed E-state index contributed by atoms with van der Waals surface area (Å²) in [6.45, 7) is 0.466. The molecule has 0 heterocycles. The lowest BCUT2D eigenvalue weighted by Gasteiger charge is -2.14. The van der Waals surface area contributed by atoms with E-state index in [1.54, 1.807) is 18.0 Å². The molecule has 0 bridgehead atoms. The zero-order valence-corrected chi connectivity index (χ0v) is 8.90. The number of benzene rings is 1. The number of carbonyl (C=O) groups excluding carboxylic acids is 1. The predicted molar refractivity (Wildman–Crippen MR) is 56.6 cm³/mol. The lowest BCUT2D eigenvalue weighted by atomic mass is 10.1. The third kappa shape index (κ3) is 3.67. The highest BCUT2D eigenvalue weighted by molar-refractivity contribution is 5.75. The SMILES string of the molecule is CN(CC(N)=O)Cc1cc(F)cc(C#N)c1. The molecule has 0 aliphatic heterocycles. The van der Waals surface area contributed by atoms with Crippen LogP contribution in [0.3, 0.4) is 0 Å². The number of likely N-dealkylation sites (N-methyl/N-ethyl adjacent to an activating group) is 1. The van der Waals surface area contributed by atoms with Crippen LogP contribution in [0.15, 0.2) is 18.2 Å². The first kappa shape index (κ1) is 12.1. The molecule has 0 unspecified atom stereocenters. The predicted octanol–water partition coefficient (Wildman–Crippen LogP) is 0.614. The van der Waals surface area contributed by atoms with Gasteiger partial charge in [0, 0.05) is 6.54 Å². The standard InChI is InChI=1S/C11H12FN3O/c1-15(7-11(14)16)6-9-2-8(5-13)3-10(12)4-9/h2-4H,6-7H2,1H3,(H2,14,16). The van der Waals surface area contributed by atoms with Crippen molar-refractivity contribution in [2.45, 2.75) is 6.54 Å². The average molecular weight is 221 g/mol. The van der Waals surface area contributed by atoms with Crippen LogP contribution in [-0.4, -0.2) is 24.4 Å². The zero-order valence-electron chi connectivity index (χ0n) is 8.90. The van der Waals surface area contributed by atoms with Crippen molar-refractivity contribution < 1.29 is 9.18 Å². The van der Waals surface area contributed by atoms with E-state index in [1.807, 2.05) is 6.07 Å². The van der Waals surface area contributed by atoms with Gasteiger partial charge >= 0.3 is 0 Å². The van der Waals surface area contributed by atoms with Crippen LogP contribution in [0.1, 0.15) is 11.1 Å². The summed E-state index contributed by atoms with van der Waals surface area (Å²) in [6.07, 6.45) is 0. The largest absolute Gasteiger partial charge is 0.369 e. The molecular formula is C11H12FN3O. The Balaban J connectivity index is 2.77.